The molecule has 4 heteroatoms. The summed E-state index contributed by atoms with van der Waals surface area (Å²) >= 11 is 1.60. The maximum atomic E-state index is 4.61. The molecule has 4 aromatic rings. The second-order valence-electron chi connectivity index (χ2n) is 5.26. The first-order chi connectivity index (χ1) is 10.9. The average Bonchev–Trinajstić information content (AvgIpc) is 3.22. The lowest BCUT2D eigenvalue weighted by Crippen LogP contribution is -1.90. The normalized spacial score (nSPS) is 11.1. The number of nitrogens with one attached hydrogen (secondary N) is 1. The van der Waals surface area contributed by atoms with E-state index in [0.717, 1.165) is 34.7 Å². The standard InChI is InChI=1S/C18H15N3S/c1-2-4-13(5-3-1)6-7-14-8-9-15-16(12-14)21-17(20-15)18-19-10-11-22-18/h1-5,8-12H,6-7H2,(H,20,21). The quantitative estimate of drug-likeness (QED) is 0.604. The molecule has 2 aromatic heterocycles. The Kier molecular flexibility index (Phi) is 3.45. The fourth-order valence-electron chi connectivity index (χ4n) is 2.59. The molecule has 3 nitrogen and oxygen atoms in total. The summed E-state index contributed by atoms with van der Waals surface area (Å²) in [4.78, 5) is 12.3. The van der Waals surface area contributed by atoms with Crippen molar-refractivity contribution in [2.45, 2.75) is 12.8 Å². The molecule has 0 bridgehead atoms. The van der Waals surface area contributed by atoms with E-state index in [4.69, 9.17) is 0 Å². The van der Waals surface area contributed by atoms with Gasteiger partial charge in [0.25, 0.3) is 0 Å². The van der Waals surface area contributed by atoms with Gasteiger partial charge < -0.3 is 4.98 Å². The van der Waals surface area contributed by atoms with Crippen LogP contribution in [0.4, 0.5) is 0 Å². The van der Waals surface area contributed by atoms with Gasteiger partial charge in [-0.1, -0.05) is 36.4 Å². The zero-order chi connectivity index (χ0) is 14.8. The van der Waals surface area contributed by atoms with Crippen LogP contribution in [0.15, 0.2) is 60.1 Å². The molecule has 2 aromatic carbocycles. The van der Waals surface area contributed by atoms with Crippen molar-refractivity contribution in [2.75, 3.05) is 0 Å². The number of hydrogen-bond acceptors (Lipinski definition) is 3. The van der Waals surface area contributed by atoms with E-state index in [9.17, 15) is 0 Å². The van der Waals surface area contributed by atoms with Crippen molar-refractivity contribution in [2.24, 2.45) is 0 Å². The van der Waals surface area contributed by atoms with Crippen LogP contribution in [0.3, 0.4) is 0 Å². The first-order valence-corrected chi connectivity index (χ1v) is 8.19. The van der Waals surface area contributed by atoms with Gasteiger partial charge in [-0.25, -0.2) is 9.97 Å². The number of benzene rings is 2. The molecule has 0 unspecified atom stereocenters. The Balaban J connectivity index is 1.58. The van der Waals surface area contributed by atoms with Gasteiger partial charge >= 0.3 is 0 Å². The van der Waals surface area contributed by atoms with Crippen molar-refractivity contribution < 1.29 is 0 Å². The lowest BCUT2D eigenvalue weighted by Gasteiger charge is -2.02. The topological polar surface area (TPSA) is 41.6 Å². The van der Waals surface area contributed by atoms with Crippen molar-refractivity contribution in [3.8, 4) is 10.8 Å². The van der Waals surface area contributed by atoms with Gasteiger partial charge in [0, 0.05) is 11.6 Å². The summed E-state index contributed by atoms with van der Waals surface area (Å²) in [5.74, 6) is 0.852. The number of aryl methyl sites for hydroxylation is 2. The largest absolute Gasteiger partial charge is 0.336 e. The summed E-state index contributed by atoms with van der Waals surface area (Å²) in [5.41, 5.74) is 4.77. The van der Waals surface area contributed by atoms with E-state index in [1.54, 1.807) is 17.5 Å². The molecule has 2 heterocycles. The maximum absolute atomic E-state index is 4.61. The van der Waals surface area contributed by atoms with Crippen molar-refractivity contribution in [3.63, 3.8) is 0 Å². The van der Waals surface area contributed by atoms with Crippen molar-refractivity contribution in [1.29, 1.82) is 0 Å². The number of rotatable bonds is 4. The molecule has 0 aliphatic heterocycles. The number of imidazole rings is 1. The fraction of sp³-hybridized carbons (Fsp3) is 0.111. The van der Waals surface area contributed by atoms with Crippen LogP contribution in [-0.2, 0) is 12.8 Å². The maximum Gasteiger partial charge on any atom is 0.167 e. The van der Waals surface area contributed by atoms with Gasteiger partial charge in [-0.15, -0.1) is 11.3 Å². The van der Waals surface area contributed by atoms with Crippen LogP contribution < -0.4 is 0 Å². The molecule has 0 aliphatic rings. The zero-order valence-electron chi connectivity index (χ0n) is 12.0. The lowest BCUT2D eigenvalue weighted by molar-refractivity contribution is 0.962. The third kappa shape index (κ3) is 2.65. The Morgan fingerprint density at radius 3 is 2.64 bits per heavy atom. The first kappa shape index (κ1) is 13.2. The minimum atomic E-state index is 0.852. The van der Waals surface area contributed by atoms with Gasteiger partial charge in [-0.05, 0) is 36.1 Å². The van der Waals surface area contributed by atoms with Gasteiger partial charge in [0.1, 0.15) is 0 Å². The van der Waals surface area contributed by atoms with E-state index in [1.807, 2.05) is 5.38 Å². The van der Waals surface area contributed by atoms with E-state index < -0.39 is 0 Å². The van der Waals surface area contributed by atoms with E-state index in [2.05, 4.69) is 63.5 Å². The summed E-state index contributed by atoms with van der Waals surface area (Å²) in [7, 11) is 0. The summed E-state index contributed by atoms with van der Waals surface area (Å²) in [6.45, 7) is 0. The smallest absolute Gasteiger partial charge is 0.167 e. The third-order valence-electron chi connectivity index (χ3n) is 3.73. The molecule has 108 valence electrons. The molecule has 4 rings (SSSR count). The van der Waals surface area contributed by atoms with Crippen LogP contribution in [-0.4, -0.2) is 15.0 Å². The van der Waals surface area contributed by atoms with E-state index >= 15 is 0 Å². The van der Waals surface area contributed by atoms with E-state index in [1.165, 1.54) is 11.1 Å². The first-order valence-electron chi connectivity index (χ1n) is 7.31. The summed E-state index contributed by atoms with van der Waals surface area (Å²) < 4.78 is 0. The number of aromatic amines is 1. The van der Waals surface area contributed by atoms with Gasteiger partial charge in [0.15, 0.2) is 10.8 Å². The molecular weight excluding hydrogens is 290 g/mol. The number of nitrogens with zero attached hydrogens (tertiary/aromatic N) is 2. The number of H-pyrrole nitrogens is 1. The molecule has 0 spiro atoms. The van der Waals surface area contributed by atoms with Gasteiger partial charge in [-0.2, -0.15) is 0 Å². The average molecular weight is 305 g/mol. The molecule has 0 radical (unpaired) electrons. The minimum Gasteiger partial charge on any atom is -0.336 e. The monoisotopic (exact) mass is 305 g/mol. The Hall–Kier alpha value is -2.46. The van der Waals surface area contributed by atoms with Crippen molar-refractivity contribution in [3.05, 3.63) is 71.2 Å². The van der Waals surface area contributed by atoms with Crippen LogP contribution in [0.2, 0.25) is 0 Å². The van der Waals surface area contributed by atoms with Crippen molar-refractivity contribution >= 4 is 22.4 Å². The Labute approximate surface area is 132 Å². The highest BCUT2D eigenvalue weighted by Gasteiger charge is 2.07. The second-order valence-corrected chi connectivity index (χ2v) is 6.15. The van der Waals surface area contributed by atoms with E-state index in [0.29, 0.717) is 0 Å². The van der Waals surface area contributed by atoms with Gasteiger partial charge in [0.05, 0.1) is 11.0 Å². The predicted octanol–water partition coefficient (Wildman–Crippen LogP) is 4.47. The Bertz CT molecular complexity index is 879. The molecule has 0 aliphatic carbocycles. The Morgan fingerprint density at radius 1 is 0.955 bits per heavy atom. The molecule has 0 atom stereocenters. The van der Waals surface area contributed by atoms with Crippen molar-refractivity contribution in [1.82, 2.24) is 15.0 Å². The molecule has 0 fully saturated rings. The molecule has 22 heavy (non-hydrogen) atoms. The summed E-state index contributed by atoms with van der Waals surface area (Å²) in [6, 6.07) is 17.0. The molecule has 0 saturated heterocycles. The Morgan fingerprint density at radius 2 is 1.82 bits per heavy atom. The fourth-order valence-corrected chi connectivity index (χ4v) is 3.17. The minimum absolute atomic E-state index is 0.852. The molecule has 0 amide bonds. The summed E-state index contributed by atoms with van der Waals surface area (Å²) in [6.07, 6.45) is 3.89. The lowest BCUT2D eigenvalue weighted by atomic mass is 10.0. The molecular formula is C18H15N3S. The highest BCUT2D eigenvalue weighted by molar-refractivity contribution is 7.13. The van der Waals surface area contributed by atoms with Gasteiger partial charge in [-0.3, -0.25) is 0 Å². The predicted molar refractivity (Wildman–Crippen MR) is 91.1 cm³/mol. The highest BCUT2D eigenvalue weighted by atomic mass is 32.1. The van der Waals surface area contributed by atoms with Gasteiger partial charge in [0.2, 0.25) is 0 Å². The SMILES string of the molecule is c1ccc(CCc2ccc3nc(-c4nccs4)[nH]c3c2)cc1. The molecule has 0 saturated carbocycles. The third-order valence-corrected chi connectivity index (χ3v) is 4.51. The number of thiazole rings is 1. The van der Waals surface area contributed by atoms with Crippen LogP contribution >= 0.6 is 11.3 Å². The molecule has 1 N–H and O–H groups in total. The number of aromatic nitrogens is 3. The summed E-state index contributed by atoms with van der Waals surface area (Å²) in [5, 5.41) is 2.90. The second kappa shape index (κ2) is 5.73. The number of hydrogen-bond donors (Lipinski definition) is 1. The number of fused-ring (bicyclic) bond motifs is 1. The van der Waals surface area contributed by atoms with E-state index in [-0.39, 0.29) is 0 Å². The zero-order valence-corrected chi connectivity index (χ0v) is 12.8. The van der Waals surface area contributed by atoms with Crippen LogP contribution in [0, 0.1) is 0 Å². The highest BCUT2D eigenvalue weighted by Crippen LogP contribution is 2.23. The van der Waals surface area contributed by atoms with Crippen LogP contribution in [0.5, 0.6) is 0 Å². The van der Waals surface area contributed by atoms with Crippen LogP contribution in [0.1, 0.15) is 11.1 Å². The van der Waals surface area contributed by atoms with Crippen LogP contribution in [0.25, 0.3) is 21.9 Å².